The number of thiophene rings is 1. The van der Waals surface area contributed by atoms with Crippen LogP contribution in [-0.2, 0) is 4.79 Å². The summed E-state index contributed by atoms with van der Waals surface area (Å²) in [6.45, 7) is 4.97. The Morgan fingerprint density at radius 3 is 2.54 bits per heavy atom. The second-order valence-electron chi connectivity index (χ2n) is 5.68. The minimum absolute atomic E-state index is 0.0671. The van der Waals surface area contributed by atoms with Gasteiger partial charge in [-0.25, -0.2) is 4.98 Å². The van der Waals surface area contributed by atoms with E-state index in [1.165, 1.54) is 22.8 Å². The van der Waals surface area contributed by atoms with Crippen molar-refractivity contribution in [2.24, 2.45) is 0 Å². The molecule has 1 unspecified atom stereocenters. The van der Waals surface area contributed by atoms with Crippen molar-refractivity contribution in [2.75, 3.05) is 7.11 Å². The molecular weight excluding hydrogens is 324 g/mol. The van der Waals surface area contributed by atoms with Crippen molar-refractivity contribution < 1.29 is 9.53 Å². The van der Waals surface area contributed by atoms with E-state index < -0.39 is 6.04 Å². The normalized spacial score (nSPS) is 12.3. The molecule has 0 spiro atoms. The molecule has 1 atom stereocenters. The van der Waals surface area contributed by atoms with E-state index in [0.717, 1.165) is 16.9 Å². The van der Waals surface area contributed by atoms with E-state index in [0.29, 0.717) is 16.0 Å². The molecule has 0 N–H and O–H groups in total. The van der Waals surface area contributed by atoms with Crippen molar-refractivity contribution in [3.8, 4) is 16.9 Å². The summed E-state index contributed by atoms with van der Waals surface area (Å²) >= 11 is 1.44. The smallest absolute Gasteiger partial charge is 0.263 e. The molecule has 2 aromatic heterocycles. The van der Waals surface area contributed by atoms with Crippen LogP contribution in [0, 0.1) is 6.92 Å². The van der Waals surface area contributed by atoms with E-state index in [-0.39, 0.29) is 11.3 Å². The van der Waals surface area contributed by atoms with Crippen molar-refractivity contribution in [3.05, 3.63) is 45.8 Å². The average molecular weight is 342 g/mol. The molecule has 124 valence electrons. The van der Waals surface area contributed by atoms with Crippen LogP contribution in [0.3, 0.4) is 0 Å². The molecule has 5 nitrogen and oxygen atoms in total. The maximum Gasteiger partial charge on any atom is 0.263 e. The highest BCUT2D eigenvalue weighted by atomic mass is 32.1. The number of rotatable bonds is 4. The Balaban J connectivity index is 2.26. The SMILES string of the molecule is COc1ccc(-c2csc3nc(C)n(C(C)C(C)=O)c(=O)c23)cc1. The van der Waals surface area contributed by atoms with Gasteiger partial charge in [0.25, 0.3) is 5.56 Å². The van der Waals surface area contributed by atoms with E-state index in [1.807, 2.05) is 29.6 Å². The second kappa shape index (κ2) is 6.20. The molecule has 2 heterocycles. The first-order valence-electron chi connectivity index (χ1n) is 7.59. The number of carbonyl (C=O) groups is 1. The standard InChI is InChI=1S/C18H18N2O3S/c1-10(11(2)21)20-12(3)19-17-16(18(20)22)15(9-24-17)13-5-7-14(23-4)8-6-13/h5-10H,1-4H3. The zero-order valence-electron chi connectivity index (χ0n) is 14.0. The molecule has 3 aromatic rings. The van der Waals surface area contributed by atoms with Crippen molar-refractivity contribution in [1.82, 2.24) is 9.55 Å². The predicted molar refractivity (Wildman–Crippen MR) is 96.0 cm³/mol. The number of ketones is 1. The molecule has 0 amide bonds. The van der Waals surface area contributed by atoms with Crippen molar-refractivity contribution in [1.29, 1.82) is 0 Å². The van der Waals surface area contributed by atoms with E-state index in [4.69, 9.17) is 4.74 Å². The van der Waals surface area contributed by atoms with Crippen LogP contribution >= 0.6 is 11.3 Å². The number of fused-ring (bicyclic) bond motifs is 1. The number of carbonyl (C=O) groups excluding carboxylic acids is 1. The molecule has 0 aliphatic rings. The lowest BCUT2D eigenvalue weighted by molar-refractivity contribution is -0.119. The largest absolute Gasteiger partial charge is 0.497 e. The summed E-state index contributed by atoms with van der Waals surface area (Å²) in [6.07, 6.45) is 0. The third kappa shape index (κ3) is 2.63. The summed E-state index contributed by atoms with van der Waals surface area (Å²) in [5.41, 5.74) is 1.58. The number of aromatic nitrogens is 2. The van der Waals surface area contributed by atoms with Gasteiger partial charge in [-0.05, 0) is 38.5 Å². The van der Waals surface area contributed by atoms with Crippen LogP contribution in [0.25, 0.3) is 21.3 Å². The number of aryl methyl sites for hydroxylation is 1. The lowest BCUT2D eigenvalue weighted by Crippen LogP contribution is -2.29. The Kier molecular flexibility index (Phi) is 4.24. The molecule has 6 heteroatoms. The number of hydrogen-bond donors (Lipinski definition) is 0. The van der Waals surface area contributed by atoms with E-state index in [2.05, 4.69) is 4.98 Å². The third-order valence-electron chi connectivity index (χ3n) is 4.19. The number of benzene rings is 1. The molecule has 0 radical (unpaired) electrons. The fourth-order valence-electron chi connectivity index (χ4n) is 2.73. The maximum absolute atomic E-state index is 13.0. The summed E-state index contributed by atoms with van der Waals surface area (Å²) in [7, 11) is 1.61. The molecular formula is C18H18N2O3S. The van der Waals surface area contributed by atoms with Gasteiger partial charge in [0.1, 0.15) is 16.4 Å². The third-order valence-corrected chi connectivity index (χ3v) is 5.07. The van der Waals surface area contributed by atoms with Crippen LogP contribution in [0.4, 0.5) is 0 Å². The number of nitrogens with zero attached hydrogens (tertiary/aromatic N) is 2. The maximum atomic E-state index is 13.0. The van der Waals surface area contributed by atoms with E-state index >= 15 is 0 Å². The number of hydrogen-bond acceptors (Lipinski definition) is 5. The minimum Gasteiger partial charge on any atom is -0.497 e. The van der Waals surface area contributed by atoms with Gasteiger partial charge < -0.3 is 4.74 Å². The summed E-state index contributed by atoms with van der Waals surface area (Å²) in [5.74, 6) is 1.25. The zero-order chi connectivity index (χ0) is 17.4. The fraction of sp³-hybridized carbons (Fsp3) is 0.278. The molecule has 0 saturated carbocycles. The van der Waals surface area contributed by atoms with Gasteiger partial charge in [0.05, 0.1) is 18.5 Å². The van der Waals surface area contributed by atoms with Crippen LogP contribution < -0.4 is 10.3 Å². The molecule has 0 aliphatic heterocycles. The van der Waals surface area contributed by atoms with Gasteiger partial charge >= 0.3 is 0 Å². The van der Waals surface area contributed by atoms with Crippen molar-refractivity contribution in [2.45, 2.75) is 26.8 Å². The number of methoxy groups -OCH3 is 1. The highest BCUT2D eigenvalue weighted by molar-refractivity contribution is 7.17. The van der Waals surface area contributed by atoms with Crippen molar-refractivity contribution >= 4 is 27.3 Å². The van der Waals surface area contributed by atoms with Gasteiger partial charge in [0.2, 0.25) is 0 Å². The first-order chi connectivity index (χ1) is 11.4. The topological polar surface area (TPSA) is 61.2 Å². The molecule has 3 rings (SSSR count). The van der Waals surface area contributed by atoms with Crippen LogP contribution in [0.1, 0.15) is 25.7 Å². The van der Waals surface area contributed by atoms with Gasteiger partial charge in [-0.15, -0.1) is 11.3 Å². The van der Waals surface area contributed by atoms with E-state index in [1.54, 1.807) is 21.0 Å². The van der Waals surface area contributed by atoms with E-state index in [9.17, 15) is 9.59 Å². The average Bonchev–Trinajstić information content (AvgIpc) is 2.98. The van der Waals surface area contributed by atoms with Gasteiger partial charge in [-0.2, -0.15) is 0 Å². The lowest BCUT2D eigenvalue weighted by Gasteiger charge is -2.15. The van der Waals surface area contributed by atoms with Crippen LogP contribution in [-0.4, -0.2) is 22.4 Å². The Labute approximate surface area is 143 Å². The molecule has 0 aliphatic carbocycles. The molecule has 1 aromatic carbocycles. The molecule has 0 bridgehead atoms. The Morgan fingerprint density at radius 1 is 1.29 bits per heavy atom. The number of ether oxygens (including phenoxy) is 1. The summed E-state index contributed by atoms with van der Waals surface area (Å²) in [5, 5.41) is 2.49. The monoisotopic (exact) mass is 342 g/mol. The van der Waals surface area contributed by atoms with Crippen LogP contribution in [0.5, 0.6) is 5.75 Å². The Morgan fingerprint density at radius 2 is 1.96 bits per heavy atom. The summed E-state index contributed by atoms with van der Waals surface area (Å²) in [4.78, 5) is 30.0. The van der Waals surface area contributed by atoms with Gasteiger partial charge in [-0.1, -0.05) is 12.1 Å². The first-order valence-corrected chi connectivity index (χ1v) is 8.47. The predicted octanol–water partition coefficient (Wildman–Crippen LogP) is 3.59. The molecule has 0 fully saturated rings. The Bertz CT molecular complexity index is 970. The van der Waals surface area contributed by atoms with Crippen molar-refractivity contribution in [3.63, 3.8) is 0 Å². The van der Waals surface area contributed by atoms with Crippen LogP contribution in [0.2, 0.25) is 0 Å². The van der Waals surface area contributed by atoms with Gasteiger partial charge in [0.15, 0.2) is 5.78 Å². The number of Topliss-reactive ketones (excluding diaryl/α,β-unsaturated/α-hetero) is 1. The highest BCUT2D eigenvalue weighted by Crippen LogP contribution is 2.32. The lowest BCUT2D eigenvalue weighted by atomic mass is 10.1. The molecule has 0 saturated heterocycles. The fourth-order valence-corrected chi connectivity index (χ4v) is 3.71. The summed E-state index contributed by atoms with van der Waals surface area (Å²) in [6, 6.07) is 7.02. The van der Waals surface area contributed by atoms with Gasteiger partial charge in [-0.3, -0.25) is 14.2 Å². The molecule has 24 heavy (non-hydrogen) atoms. The van der Waals surface area contributed by atoms with Crippen LogP contribution in [0.15, 0.2) is 34.4 Å². The second-order valence-corrected chi connectivity index (χ2v) is 6.54. The summed E-state index contributed by atoms with van der Waals surface area (Å²) < 4.78 is 6.65. The quantitative estimate of drug-likeness (QED) is 0.727. The highest BCUT2D eigenvalue weighted by Gasteiger charge is 2.20. The van der Waals surface area contributed by atoms with Gasteiger partial charge in [0, 0.05) is 10.9 Å². The Hall–Kier alpha value is -2.47. The minimum atomic E-state index is -0.530. The first kappa shape index (κ1) is 16.4. The zero-order valence-corrected chi connectivity index (χ0v) is 14.8.